The molecule has 0 amide bonds. The van der Waals surface area contributed by atoms with Crippen molar-refractivity contribution < 1.29 is 0 Å². The van der Waals surface area contributed by atoms with Crippen LogP contribution in [-0.4, -0.2) is 36.1 Å². The number of aryl methyl sites for hydroxylation is 1. The number of anilines is 1. The van der Waals surface area contributed by atoms with Gasteiger partial charge in [-0.15, -0.1) is 0 Å². The van der Waals surface area contributed by atoms with Crippen LogP contribution in [-0.2, 0) is 6.42 Å². The van der Waals surface area contributed by atoms with Crippen LogP contribution >= 0.6 is 11.6 Å². The summed E-state index contributed by atoms with van der Waals surface area (Å²) in [5.41, 5.74) is 1.06. The lowest BCUT2D eigenvalue weighted by Crippen LogP contribution is -2.30. The molecule has 18 heavy (non-hydrogen) atoms. The van der Waals surface area contributed by atoms with Crippen LogP contribution < -0.4 is 10.2 Å². The highest BCUT2D eigenvalue weighted by Crippen LogP contribution is 2.21. The summed E-state index contributed by atoms with van der Waals surface area (Å²) >= 11 is 6.01. The molecule has 1 aliphatic heterocycles. The zero-order chi connectivity index (χ0) is 13.0. The van der Waals surface area contributed by atoms with Crippen molar-refractivity contribution in [2.75, 3.05) is 25.0 Å². The molecule has 1 atom stereocenters. The van der Waals surface area contributed by atoms with E-state index in [0.717, 1.165) is 43.9 Å². The molecule has 2 heterocycles. The number of hydrogen-bond acceptors (Lipinski definition) is 4. The average molecular weight is 269 g/mol. The lowest BCUT2D eigenvalue weighted by Gasteiger charge is -2.18. The Bertz CT molecular complexity index is 397. The number of halogens is 1. The average Bonchev–Trinajstić information content (AvgIpc) is 2.84. The van der Waals surface area contributed by atoms with E-state index in [1.165, 1.54) is 6.42 Å². The fourth-order valence-electron chi connectivity index (χ4n) is 2.30. The minimum Gasteiger partial charge on any atom is -0.355 e. The first-order valence-electron chi connectivity index (χ1n) is 6.68. The molecule has 100 valence electrons. The van der Waals surface area contributed by atoms with Gasteiger partial charge in [0.05, 0.1) is 0 Å². The molecule has 1 aliphatic rings. The first kappa shape index (κ1) is 13.6. The molecule has 0 unspecified atom stereocenters. The highest BCUT2D eigenvalue weighted by molar-refractivity contribution is 6.28. The third kappa shape index (κ3) is 3.33. The fourth-order valence-corrected chi connectivity index (χ4v) is 2.50. The number of unbranched alkanes of at least 4 members (excludes halogenated alkanes) is 1. The largest absolute Gasteiger partial charge is 0.355 e. The molecule has 5 heteroatoms. The zero-order valence-corrected chi connectivity index (χ0v) is 11.9. The third-order valence-electron chi connectivity index (χ3n) is 3.45. The van der Waals surface area contributed by atoms with Gasteiger partial charge in [0, 0.05) is 30.9 Å². The lowest BCUT2D eigenvalue weighted by molar-refractivity contribution is 0.616. The summed E-state index contributed by atoms with van der Waals surface area (Å²) in [6.07, 6.45) is 4.45. The second-order valence-corrected chi connectivity index (χ2v) is 5.15. The lowest BCUT2D eigenvalue weighted by atomic mass is 10.2. The van der Waals surface area contributed by atoms with Gasteiger partial charge in [-0.25, -0.2) is 9.97 Å². The van der Waals surface area contributed by atoms with Gasteiger partial charge in [0.15, 0.2) is 0 Å². The van der Waals surface area contributed by atoms with Crippen molar-refractivity contribution in [3.63, 3.8) is 0 Å². The van der Waals surface area contributed by atoms with E-state index in [1.807, 2.05) is 7.05 Å². The summed E-state index contributed by atoms with van der Waals surface area (Å²) in [4.78, 5) is 10.9. The summed E-state index contributed by atoms with van der Waals surface area (Å²) in [6, 6.07) is 2.64. The molecule has 2 rings (SSSR count). The normalized spacial score (nSPS) is 19.5. The molecule has 1 saturated heterocycles. The maximum Gasteiger partial charge on any atom is 0.224 e. The third-order valence-corrected chi connectivity index (χ3v) is 3.61. The SMILES string of the molecule is CCCCc1cc(N2CC[C@H](NC)C2)nc(Cl)n1. The van der Waals surface area contributed by atoms with E-state index in [4.69, 9.17) is 11.6 Å². The number of hydrogen-bond donors (Lipinski definition) is 1. The first-order chi connectivity index (χ1) is 8.72. The minimum absolute atomic E-state index is 0.367. The molecular formula is C13H21ClN4. The Morgan fingerprint density at radius 3 is 3.00 bits per heavy atom. The predicted octanol–water partition coefficient (Wildman–Crippen LogP) is 2.27. The van der Waals surface area contributed by atoms with Crippen LogP contribution in [0.4, 0.5) is 5.82 Å². The molecule has 0 radical (unpaired) electrons. The van der Waals surface area contributed by atoms with Crippen LogP contribution in [0.5, 0.6) is 0 Å². The van der Waals surface area contributed by atoms with Crippen molar-refractivity contribution >= 4 is 17.4 Å². The van der Waals surface area contributed by atoms with Gasteiger partial charge < -0.3 is 10.2 Å². The Morgan fingerprint density at radius 1 is 1.50 bits per heavy atom. The van der Waals surface area contributed by atoms with Gasteiger partial charge in [0.25, 0.3) is 0 Å². The number of nitrogens with zero attached hydrogens (tertiary/aromatic N) is 3. The molecule has 0 bridgehead atoms. The summed E-state index contributed by atoms with van der Waals surface area (Å²) in [6.45, 7) is 4.21. The molecule has 4 nitrogen and oxygen atoms in total. The van der Waals surface area contributed by atoms with Crippen LogP contribution in [0, 0.1) is 0 Å². The molecular weight excluding hydrogens is 248 g/mol. The number of nitrogens with one attached hydrogen (secondary N) is 1. The second kappa shape index (κ2) is 6.34. The van der Waals surface area contributed by atoms with Crippen molar-refractivity contribution in [2.24, 2.45) is 0 Å². The van der Waals surface area contributed by atoms with Gasteiger partial charge in [-0.1, -0.05) is 13.3 Å². The van der Waals surface area contributed by atoms with Crippen molar-refractivity contribution in [1.29, 1.82) is 0 Å². The summed E-state index contributed by atoms with van der Waals surface area (Å²) in [7, 11) is 2.01. The highest BCUT2D eigenvalue weighted by atomic mass is 35.5. The summed E-state index contributed by atoms with van der Waals surface area (Å²) in [5.74, 6) is 0.971. The van der Waals surface area contributed by atoms with E-state index in [-0.39, 0.29) is 0 Å². The molecule has 1 fully saturated rings. The molecule has 0 aromatic carbocycles. The molecule has 0 saturated carbocycles. The number of likely N-dealkylation sites (N-methyl/N-ethyl adjacent to an activating group) is 1. The number of aromatic nitrogens is 2. The quantitative estimate of drug-likeness (QED) is 0.832. The molecule has 0 aliphatic carbocycles. The zero-order valence-electron chi connectivity index (χ0n) is 11.1. The van der Waals surface area contributed by atoms with Crippen LogP contribution in [0.25, 0.3) is 0 Å². The Morgan fingerprint density at radius 2 is 2.33 bits per heavy atom. The Kier molecular flexibility index (Phi) is 4.78. The van der Waals surface area contributed by atoms with Crippen molar-refractivity contribution in [3.05, 3.63) is 17.0 Å². The number of rotatable bonds is 5. The van der Waals surface area contributed by atoms with E-state index in [1.54, 1.807) is 0 Å². The van der Waals surface area contributed by atoms with Gasteiger partial charge in [-0.3, -0.25) is 0 Å². The Balaban J connectivity index is 2.10. The monoisotopic (exact) mass is 268 g/mol. The predicted molar refractivity (Wildman–Crippen MR) is 75.3 cm³/mol. The van der Waals surface area contributed by atoms with E-state index < -0.39 is 0 Å². The summed E-state index contributed by atoms with van der Waals surface area (Å²) < 4.78 is 0. The molecule has 1 aromatic heterocycles. The van der Waals surface area contributed by atoms with Crippen LogP contribution in [0.15, 0.2) is 6.07 Å². The molecule has 1 N–H and O–H groups in total. The van der Waals surface area contributed by atoms with E-state index in [2.05, 4.69) is 33.2 Å². The minimum atomic E-state index is 0.367. The fraction of sp³-hybridized carbons (Fsp3) is 0.692. The van der Waals surface area contributed by atoms with Crippen LogP contribution in [0.1, 0.15) is 31.9 Å². The van der Waals surface area contributed by atoms with Gasteiger partial charge in [0.1, 0.15) is 5.82 Å². The Hall–Kier alpha value is -0.870. The summed E-state index contributed by atoms with van der Waals surface area (Å²) in [5, 5.41) is 3.68. The van der Waals surface area contributed by atoms with Gasteiger partial charge >= 0.3 is 0 Å². The van der Waals surface area contributed by atoms with Crippen molar-refractivity contribution in [2.45, 2.75) is 38.6 Å². The second-order valence-electron chi connectivity index (χ2n) is 4.81. The van der Waals surface area contributed by atoms with E-state index in [0.29, 0.717) is 11.3 Å². The van der Waals surface area contributed by atoms with Crippen molar-refractivity contribution in [3.8, 4) is 0 Å². The maximum absolute atomic E-state index is 6.01. The van der Waals surface area contributed by atoms with Crippen LogP contribution in [0.3, 0.4) is 0 Å². The highest BCUT2D eigenvalue weighted by Gasteiger charge is 2.22. The van der Waals surface area contributed by atoms with Gasteiger partial charge in [-0.05, 0) is 37.9 Å². The van der Waals surface area contributed by atoms with Gasteiger partial charge in [-0.2, -0.15) is 0 Å². The Labute approximate surface area is 114 Å². The van der Waals surface area contributed by atoms with Crippen LogP contribution in [0.2, 0.25) is 5.28 Å². The van der Waals surface area contributed by atoms with E-state index in [9.17, 15) is 0 Å². The molecule has 0 spiro atoms. The van der Waals surface area contributed by atoms with Gasteiger partial charge in [0.2, 0.25) is 5.28 Å². The van der Waals surface area contributed by atoms with E-state index >= 15 is 0 Å². The van der Waals surface area contributed by atoms with Crippen molar-refractivity contribution in [1.82, 2.24) is 15.3 Å². The topological polar surface area (TPSA) is 41.0 Å². The first-order valence-corrected chi connectivity index (χ1v) is 7.06. The smallest absolute Gasteiger partial charge is 0.224 e. The standard InChI is InChI=1S/C13H21ClN4/c1-3-4-5-10-8-12(17-13(14)16-10)18-7-6-11(9-18)15-2/h8,11,15H,3-7,9H2,1-2H3/t11-/m0/s1. The maximum atomic E-state index is 6.01. The molecule has 1 aromatic rings.